The highest BCUT2D eigenvalue weighted by Crippen LogP contribution is 2.34. The molecule has 0 bridgehead atoms. The molecule has 0 fully saturated rings. The number of hydrogen-bond donors (Lipinski definition) is 0. The summed E-state index contributed by atoms with van der Waals surface area (Å²) in [5.74, 6) is 0.639. The summed E-state index contributed by atoms with van der Waals surface area (Å²) in [7, 11) is 0.664. The summed E-state index contributed by atoms with van der Waals surface area (Å²) >= 11 is 1.47. The Hall–Kier alpha value is -2.49. The van der Waals surface area contributed by atoms with Crippen molar-refractivity contribution >= 4 is 42.4 Å². The van der Waals surface area contributed by atoms with E-state index in [1.54, 1.807) is 43.0 Å². The molecule has 2 aromatic carbocycles. The van der Waals surface area contributed by atoms with Crippen LogP contribution in [0.2, 0.25) is 0 Å². The van der Waals surface area contributed by atoms with Crippen LogP contribution >= 0.6 is 11.3 Å². The van der Waals surface area contributed by atoms with Crippen LogP contribution in [0.4, 0.5) is 5.13 Å². The molecule has 184 valence electrons. The standard InChI is InChI=1S/C25H33N3O4S2/c1-6-32-21-9-7-10-22-24(21)26-25(33-22)28(16-8-15-27(4)5)23(29)17-19-11-13-20(14-12-19)34(30,31)18(2)3/h7,9-14,18H,6,8,15-17H2,1-5H3. The molecule has 0 aliphatic carbocycles. The number of carbonyl (C=O) groups is 1. The molecular weight excluding hydrogens is 470 g/mol. The van der Waals surface area contributed by atoms with Crippen LogP contribution in [0.25, 0.3) is 10.2 Å². The van der Waals surface area contributed by atoms with Crippen molar-refractivity contribution in [3.8, 4) is 5.75 Å². The van der Waals surface area contributed by atoms with Gasteiger partial charge in [0.05, 0.1) is 27.9 Å². The Morgan fingerprint density at radius 1 is 1.09 bits per heavy atom. The second-order valence-electron chi connectivity index (χ2n) is 8.65. The van der Waals surface area contributed by atoms with Gasteiger partial charge in [0.2, 0.25) is 5.91 Å². The van der Waals surface area contributed by atoms with Crippen LogP contribution in [0.5, 0.6) is 5.75 Å². The van der Waals surface area contributed by atoms with Crippen molar-refractivity contribution in [2.45, 2.75) is 43.8 Å². The maximum Gasteiger partial charge on any atom is 0.233 e. The van der Waals surface area contributed by atoms with E-state index >= 15 is 0 Å². The van der Waals surface area contributed by atoms with Gasteiger partial charge in [-0.25, -0.2) is 13.4 Å². The van der Waals surface area contributed by atoms with E-state index in [1.165, 1.54) is 11.3 Å². The minimum Gasteiger partial charge on any atom is -0.492 e. The number of sulfone groups is 1. The van der Waals surface area contributed by atoms with E-state index in [0.29, 0.717) is 24.0 Å². The van der Waals surface area contributed by atoms with Crippen molar-refractivity contribution in [3.05, 3.63) is 48.0 Å². The van der Waals surface area contributed by atoms with E-state index in [-0.39, 0.29) is 17.2 Å². The number of thiazole rings is 1. The number of benzene rings is 2. The topological polar surface area (TPSA) is 79.8 Å². The first-order valence-corrected chi connectivity index (χ1v) is 13.8. The van der Waals surface area contributed by atoms with Crippen molar-refractivity contribution < 1.29 is 17.9 Å². The summed E-state index contributed by atoms with van der Waals surface area (Å²) in [6.07, 6.45) is 0.969. The minimum absolute atomic E-state index is 0.0739. The fraction of sp³-hybridized carbons (Fsp3) is 0.440. The van der Waals surface area contributed by atoms with Crippen molar-refractivity contribution in [1.82, 2.24) is 9.88 Å². The van der Waals surface area contributed by atoms with E-state index in [9.17, 15) is 13.2 Å². The summed E-state index contributed by atoms with van der Waals surface area (Å²) < 4.78 is 31.5. The number of anilines is 1. The van der Waals surface area contributed by atoms with Gasteiger partial charge in [-0.2, -0.15) is 0 Å². The Kier molecular flexibility index (Phi) is 8.67. The van der Waals surface area contributed by atoms with E-state index in [0.717, 1.165) is 28.7 Å². The van der Waals surface area contributed by atoms with E-state index < -0.39 is 15.1 Å². The van der Waals surface area contributed by atoms with Crippen molar-refractivity contribution in [2.24, 2.45) is 0 Å². The van der Waals surface area contributed by atoms with Crippen LogP contribution in [0.15, 0.2) is 47.4 Å². The molecule has 34 heavy (non-hydrogen) atoms. The molecule has 1 aromatic heterocycles. The summed E-state index contributed by atoms with van der Waals surface area (Å²) in [4.78, 5) is 22.3. The lowest BCUT2D eigenvalue weighted by Gasteiger charge is -2.21. The first-order valence-electron chi connectivity index (χ1n) is 11.4. The molecule has 0 spiro atoms. The third-order valence-electron chi connectivity index (χ3n) is 5.42. The summed E-state index contributed by atoms with van der Waals surface area (Å²) in [5.41, 5.74) is 1.53. The van der Waals surface area contributed by atoms with E-state index in [1.807, 2.05) is 39.2 Å². The zero-order valence-electron chi connectivity index (χ0n) is 20.4. The predicted molar refractivity (Wildman–Crippen MR) is 139 cm³/mol. The Bertz CT molecular complexity index is 1220. The molecule has 0 N–H and O–H groups in total. The second-order valence-corrected chi connectivity index (χ2v) is 12.2. The number of carbonyl (C=O) groups excluding carboxylic acids is 1. The molecule has 0 saturated carbocycles. The van der Waals surface area contributed by atoms with E-state index in [4.69, 9.17) is 9.72 Å². The van der Waals surface area contributed by atoms with Crippen LogP contribution in [-0.2, 0) is 21.1 Å². The number of para-hydroxylation sites is 1. The molecule has 0 atom stereocenters. The highest BCUT2D eigenvalue weighted by molar-refractivity contribution is 7.92. The van der Waals surface area contributed by atoms with Crippen LogP contribution in [0, 0.1) is 0 Å². The van der Waals surface area contributed by atoms with Gasteiger partial charge in [-0.05, 0) is 77.7 Å². The quantitative estimate of drug-likeness (QED) is 0.386. The molecule has 9 heteroatoms. The maximum absolute atomic E-state index is 13.4. The lowest BCUT2D eigenvalue weighted by atomic mass is 10.1. The van der Waals surface area contributed by atoms with Crippen molar-refractivity contribution in [3.63, 3.8) is 0 Å². The van der Waals surface area contributed by atoms with Gasteiger partial charge in [0.1, 0.15) is 11.3 Å². The molecule has 0 radical (unpaired) electrons. The average molecular weight is 504 g/mol. The van der Waals surface area contributed by atoms with Crippen molar-refractivity contribution in [2.75, 3.05) is 38.7 Å². The first-order chi connectivity index (χ1) is 16.1. The summed E-state index contributed by atoms with van der Waals surface area (Å²) in [6.45, 7) is 7.18. The van der Waals surface area contributed by atoms with Gasteiger partial charge in [-0.1, -0.05) is 29.5 Å². The predicted octanol–water partition coefficient (Wildman–Crippen LogP) is 4.40. The number of amides is 1. The van der Waals surface area contributed by atoms with E-state index in [2.05, 4.69) is 4.90 Å². The number of ether oxygens (including phenoxy) is 1. The molecule has 0 saturated heterocycles. The Balaban J connectivity index is 1.86. The summed E-state index contributed by atoms with van der Waals surface area (Å²) in [6, 6.07) is 12.4. The smallest absolute Gasteiger partial charge is 0.233 e. The molecule has 3 rings (SSSR count). The molecular formula is C25H33N3O4S2. The highest BCUT2D eigenvalue weighted by atomic mass is 32.2. The third kappa shape index (κ3) is 6.14. The van der Waals surface area contributed by atoms with Gasteiger partial charge in [0.25, 0.3) is 0 Å². The lowest BCUT2D eigenvalue weighted by Crippen LogP contribution is -2.34. The summed E-state index contributed by atoms with van der Waals surface area (Å²) in [5, 5.41) is 0.151. The number of aromatic nitrogens is 1. The number of hydrogen-bond acceptors (Lipinski definition) is 7. The van der Waals surface area contributed by atoms with Gasteiger partial charge in [-0.3, -0.25) is 9.69 Å². The molecule has 7 nitrogen and oxygen atoms in total. The lowest BCUT2D eigenvalue weighted by molar-refractivity contribution is -0.118. The molecule has 3 aromatic rings. The maximum atomic E-state index is 13.4. The Morgan fingerprint density at radius 3 is 2.41 bits per heavy atom. The minimum atomic E-state index is -3.35. The SMILES string of the molecule is CCOc1cccc2sc(N(CCCN(C)C)C(=O)Cc3ccc(S(=O)(=O)C(C)C)cc3)nc12. The third-order valence-corrected chi connectivity index (χ3v) is 8.63. The fourth-order valence-corrected chi connectivity index (χ4v) is 5.60. The normalized spacial score (nSPS) is 12.0. The van der Waals surface area contributed by atoms with Crippen LogP contribution in [0.1, 0.15) is 32.8 Å². The Morgan fingerprint density at radius 2 is 1.79 bits per heavy atom. The zero-order valence-corrected chi connectivity index (χ0v) is 22.1. The van der Waals surface area contributed by atoms with Crippen LogP contribution < -0.4 is 9.64 Å². The molecule has 1 amide bonds. The molecule has 1 heterocycles. The van der Waals surface area contributed by atoms with Gasteiger partial charge >= 0.3 is 0 Å². The zero-order chi connectivity index (χ0) is 24.9. The largest absolute Gasteiger partial charge is 0.492 e. The van der Waals surface area contributed by atoms with Gasteiger partial charge in [-0.15, -0.1) is 0 Å². The molecule has 0 aliphatic rings. The van der Waals surface area contributed by atoms with Crippen molar-refractivity contribution in [1.29, 1.82) is 0 Å². The second kappa shape index (κ2) is 11.3. The average Bonchev–Trinajstić information content (AvgIpc) is 3.22. The van der Waals surface area contributed by atoms with Crippen LogP contribution in [-0.4, -0.2) is 63.3 Å². The number of rotatable bonds is 11. The first kappa shape index (κ1) is 26.1. The number of fused-ring (bicyclic) bond motifs is 1. The number of nitrogens with zero attached hydrogens (tertiary/aromatic N) is 3. The van der Waals surface area contributed by atoms with Gasteiger partial charge in [0.15, 0.2) is 15.0 Å². The molecule has 0 unspecified atom stereocenters. The Labute approximate surface area is 206 Å². The van der Waals surface area contributed by atoms with Crippen LogP contribution in [0.3, 0.4) is 0 Å². The van der Waals surface area contributed by atoms with Gasteiger partial charge in [0, 0.05) is 6.54 Å². The van der Waals surface area contributed by atoms with Gasteiger partial charge < -0.3 is 9.64 Å². The molecule has 0 aliphatic heterocycles. The fourth-order valence-electron chi connectivity index (χ4n) is 3.51. The monoisotopic (exact) mass is 503 g/mol. The highest BCUT2D eigenvalue weighted by Gasteiger charge is 2.22.